The summed E-state index contributed by atoms with van der Waals surface area (Å²) < 4.78 is 29.3. The molecule has 88 valence electrons. The zero-order valence-electron chi connectivity index (χ0n) is 9.12. The van der Waals surface area contributed by atoms with Gasteiger partial charge in [-0.05, 0) is 18.2 Å². The van der Waals surface area contributed by atoms with Crippen LogP contribution in [0.15, 0.2) is 30.5 Å². The number of ether oxygens (including phenoxy) is 1. The molecule has 17 heavy (non-hydrogen) atoms. The normalized spacial score (nSPS) is 11.3. The van der Waals surface area contributed by atoms with Gasteiger partial charge in [-0.3, -0.25) is 0 Å². The molecule has 0 saturated heterocycles. The van der Waals surface area contributed by atoms with E-state index in [9.17, 15) is 8.42 Å². The molecule has 0 N–H and O–H groups in total. The van der Waals surface area contributed by atoms with Crippen LogP contribution in [0.1, 0.15) is 0 Å². The van der Waals surface area contributed by atoms with Gasteiger partial charge in [-0.1, -0.05) is 0 Å². The van der Waals surface area contributed by atoms with E-state index in [1.165, 1.54) is 10.2 Å². The first-order valence-corrected chi connectivity index (χ1v) is 6.68. The van der Waals surface area contributed by atoms with Crippen LogP contribution in [0.4, 0.5) is 0 Å². The summed E-state index contributed by atoms with van der Waals surface area (Å²) in [6.45, 7) is -0.0644. The lowest BCUT2D eigenvalue weighted by Crippen LogP contribution is -2.08. The van der Waals surface area contributed by atoms with Crippen molar-refractivity contribution in [1.82, 2.24) is 3.97 Å². The second kappa shape index (κ2) is 4.11. The Morgan fingerprint density at radius 3 is 2.82 bits per heavy atom. The summed E-state index contributed by atoms with van der Waals surface area (Å²) >= 11 is 0. The second-order valence-electron chi connectivity index (χ2n) is 3.54. The zero-order chi connectivity index (χ0) is 12.5. The van der Waals surface area contributed by atoms with E-state index in [1.54, 1.807) is 24.3 Å². The smallest absolute Gasteiger partial charge is 0.236 e. The molecular formula is C11H10N2O3S. The Kier molecular flexibility index (Phi) is 2.77. The second-order valence-corrected chi connectivity index (χ2v) is 5.40. The van der Waals surface area contributed by atoms with Crippen molar-refractivity contribution in [2.24, 2.45) is 0 Å². The van der Waals surface area contributed by atoms with Gasteiger partial charge >= 0.3 is 0 Å². The predicted octanol–water partition coefficient (Wildman–Crippen LogP) is 1.35. The van der Waals surface area contributed by atoms with Gasteiger partial charge in [-0.25, -0.2) is 12.4 Å². The molecule has 0 radical (unpaired) electrons. The van der Waals surface area contributed by atoms with Crippen molar-refractivity contribution in [2.45, 2.75) is 0 Å². The van der Waals surface area contributed by atoms with E-state index >= 15 is 0 Å². The average Bonchev–Trinajstić information content (AvgIpc) is 2.68. The van der Waals surface area contributed by atoms with Crippen LogP contribution in [-0.2, 0) is 10.0 Å². The number of hydrogen-bond acceptors (Lipinski definition) is 4. The van der Waals surface area contributed by atoms with Crippen LogP contribution >= 0.6 is 0 Å². The minimum Gasteiger partial charge on any atom is -0.479 e. The summed E-state index contributed by atoms with van der Waals surface area (Å²) in [5.41, 5.74) is 0.544. The Bertz CT molecular complexity index is 695. The maximum atomic E-state index is 11.5. The Morgan fingerprint density at radius 1 is 1.41 bits per heavy atom. The number of aromatic nitrogens is 1. The fraction of sp³-hybridized carbons (Fsp3) is 0.182. The molecule has 2 aromatic rings. The first kappa shape index (κ1) is 11.5. The van der Waals surface area contributed by atoms with Crippen molar-refractivity contribution < 1.29 is 13.2 Å². The largest absolute Gasteiger partial charge is 0.479 e. The molecule has 0 unspecified atom stereocenters. The SMILES string of the molecule is CS(=O)(=O)n1ccc2ccc(OCC#N)cc21. The minimum absolute atomic E-state index is 0.0644. The van der Waals surface area contributed by atoms with Crippen molar-refractivity contribution in [3.8, 4) is 11.8 Å². The van der Waals surface area contributed by atoms with Crippen molar-refractivity contribution >= 4 is 20.9 Å². The molecule has 0 amide bonds. The fourth-order valence-electron chi connectivity index (χ4n) is 1.58. The van der Waals surface area contributed by atoms with Crippen molar-refractivity contribution in [3.63, 3.8) is 0 Å². The molecule has 0 spiro atoms. The molecule has 2 rings (SSSR count). The molecule has 5 nitrogen and oxygen atoms in total. The lowest BCUT2D eigenvalue weighted by molar-refractivity contribution is 0.368. The lowest BCUT2D eigenvalue weighted by atomic mass is 10.2. The molecule has 0 atom stereocenters. The van der Waals surface area contributed by atoms with Crippen LogP contribution in [0.5, 0.6) is 5.75 Å². The Hall–Kier alpha value is -2.00. The maximum Gasteiger partial charge on any atom is 0.236 e. The van der Waals surface area contributed by atoms with Gasteiger partial charge in [-0.2, -0.15) is 5.26 Å². The minimum atomic E-state index is -3.33. The molecule has 0 saturated carbocycles. The molecule has 0 fully saturated rings. The van der Waals surface area contributed by atoms with Crippen LogP contribution in [0.2, 0.25) is 0 Å². The van der Waals surface area contributed by atoms with E-state index in [2.05, 4.69) is 0 Å². The maximum absolute atomic E-state index is 11.5. The summed E-state index contributed by atoms with van der Waals surface area (Å²) in [6, 6.07) is 8.63. The fourth-order valence-corrected chi connectivity index (χ4v) is 2.38. The highest BCUT2D eigenvalue weighted by Crippen LogP contribution is 2.23. The van der Waals surface area contributed by atoms with Gasteiger partial charge in [0.25, 0.3) is 0 Å². The summed E-state index contributed by atoms with van der Waals surface area (Å²) in [7, 11) is -3.33. The number of fused-ring (bicyclic) bond motifs is 1. The summed E-state index contributed by atoms with van der Waals surface area (Å²) in [4.78, 5) is 0. The van der Waals surface area contributed by atoms with Crippen LogP contribution in [0.3, 0.4) is 0 Å². The third-order valence-electron chi connectivity index (χ3n) is 2.29. The third-order valence-corrected chi connectivity index (χ3v) is 3.32. The molecule has 0 aliphatic rings. The third kappa shape index (κ3) is 2.24. The zero-order valence-corrected chi connectivity index (χ0v) is 9.94. The average molecular weight is 250 g/mol. The van der Waals surface area contributed by atoms with Crippen LogP contribution in [-0.4, -0.2) is 25.3 Å². The summed E-state index contributed by atoms with van der Waals surface area (Å²) in [6.07, 6.45) is 2.63. The van der Waals surface area contributed by atoms with E-state index in [0.717, 1.165) is 11.6 Å². The lowest BCUT2D eigenvalue weighted by Gasteiger charge is -2.04. The highest BCUT2D eigenvalue weighted by molar-refractivity contribution is 7.89. The molecule has 1 aromatic heterocycles. The van der Waals surface area contributed by atoms with Crippen LogP contribution in [0, 0.1) is 11.3 Å². The van der Waals surface area contributed by atoms with E-state index in [0.29, 0.717) is 11.3 Å². The number of nitriles is 1. The summed E-state index contributed by atoms with van der Waals surface area (Å²) in [5, 5.41) is 9.21. The van der Waals surface area contributed by atoms with E-state index in [1.807, 2.05) is 6.07 Å². The number of hydrogen-bond donors (Lipinski definition) is 0. The van der Waals surface area contributed by atoms with Gasteiger partial charge in [0.2, 0.25) is 10.0 Å². The Labute approximate surface area is 98.9 Å². The Morgan fingerprint density at radius 2 is 2.18 bits per heavy atom. The standard InChI is InChI=1S/C11H10N2O3S/c1-17(14,15)13-6-4-9-2-3-10(8-11(9)13)16-7-5-12/h2-4,6,8H,7H2,1H3. The molecule has 1 aromatic carbocycles. The van der Waals surface area contributed by atoms with Crippen molar-refractivity contribution in [3.05, 3.63) is 30.5 Å². The molecule has 6 heteroatoms. The van der Waals surface area contributed by atoms with Gasteiger partial charge in [-0.15, -0.1) is 0 Å². The molecular weight excluding hydrogens is 240 g/mol. The van der Waals surface area contributed by atoms with E-state index < -0.39 is 10.0 Å². The molecule has 1 heterocycles. The topological polar surface area (TPSA) is 72.1 Å². The monoisotopic (exact) mass is 250 g/mol. The van der Waals surface area contributed by atoms with Gasteiger partial charge < -0.3 is 4.74 Å². The van der Waals surface area contributed by atoms with Crippen LogP contribution < -0.4 is 4.74 Å². The molecule has 0 bridgehead atoms. The molecule has 0 aliphatic carbocycles. The highest BCUT2D eigenvalue weighted by atomic mass is 32.2. The van der Waals surface area contributed by atoms with Gasteiger partial charge in [0.15, 0.2) is 6.61 Å². The van der Waals surface area contributed by atoms with Gasteiger partial charge in [0.1, 0.15) is 11.8 Å². The summed E-state index contributed by atoms with van der Waals surface area (Å²) in [5.74, 6) is 0.475. The predicted molar refractivity (Wildman–Crippen MR) is 63.3 cm³/mol. The molecule has 0 aliphatic heterocycles. The van der Waals surface area contributed by atoms with Gasteiger partial charge in [0, 0.05) is 17.6 Å². The van der Waals surface area contributed by atoms with Crippen molar-refractivity contribution in [1.29, 1.82) is 5.26 Å². The first-order valence-electron chi connectivity index (χ1n) is 4.84. The Balaban J connectivity index is 2.55. The van der Waals surface area contributed by atoms with E-state index in [-0.39, 0.29) is 6.61 Å². The quantitative estimate of drug-likeness (QED) is 0.824. The van der Waals surface area contributed by atoms with Crippen LogP contribution in [0.25, 0.3) is 10.9 Å². The van der Waals surface area contributed by atoms with Gasteiger partial charge in [0.05, 0.1) is 11.8 Å². The first-order chi connectivity index (χ1) is 8.02. The number of nitrogens with zero attached hydrogens (tertiary/aromatic N) is 2. The van der Waals surface area contributed by atoms with E-state index in [4.69, 9.17) is 10.00 Å². The highest BCUT2D eigenvalue weighted by Gasteiger charge is 2.10. The van der Waals surface area contributed by atoms with Crippen molar-refractivity contribution in [2.75, 3.05) is 12.9 Å². The number of benzene rings is 1. The number of rotatable bonds is 3.